The highest BCUT2D eigenvalue weighted by Crippen LogP contribution is 2.43. The Morgan fingerprint density at radius 2 is 1.85 bits per heavy atom. The van der Waals surface area contributed by atoms with E-state index in [0.717, 1.165) is 11.1 Å². The molecule has 0 atom stereocenters. The minimum absolute atomic E-state index is 0.258. The molecule has 1 rings (SSSR count). The SMILES string of the molecule is CC/C=C(/C=C\c1ccccc1C)S(=O)(=O)C(Br)(Br)Br. The lowest BCUT2D eigenvalue weighted by molar-refractivity contribution is 0.605. The highest BCUT2D eigenvalue weighted by molar-refractivity contribution is 9.42. The second-order valence-corrected chi connectivity index (χ2v) is 14.6. The molecular formula is C14H15Br3O2S. The zero-order valence-electron chi connectivity index (χ0n) is 11.1. The van der Waals surface area contributed by atoms with Crippen molar-refractivity contribution in [1.82, 2.24) is 0 Å². The van der Waals surface area contributed by atoms with Crippen LogP contribution in [0.15, 0.2) is 41.3 Å². The van der Waals surface area contributed by atoms with Crippen LogP contribution in [0.3, 0.4) is 0 Å². The summed E-state index contributed by atoms with van der Waals surface area (Å²) in [4.78, 5) is 0.258. The van der Waals surface area contributed by atoms with Crippen molar-refractivity contribution in [2.75, 3.05) is 0 Å². The molecule has 0 N–H and O–H groups in total. The van der Waals surface area contributed by atoms with Gasteiger partial charge in [0.25, 0.3) is 0 Å². The summed E-state index contributed by atoms with van der Waals surface area (Å²) in [5.41, 5.74) is 2.09. The molecule has 0 heterocycles. The van der Waals surface area contributed by atoms with Crippen molar-refractivity contribution < 1.29 is 8.42 Å². The molecular weight excluding hydrogens is 472 g/mol. The van der Waals surface area contributed by atoms with Gasteiger partial charge in [0.05, 0.1) is 4.91 Å². The van der Waals surface area contributed by atoms with Gasteiger partial charge in [0.2, 0.25) is 11.3 Å². The van der Waals surface area contributed by atoms with Crippen LogP contribution in [0.1, 0.15) is 24.5 Å². The third kappa shape index (κ3) is 4.55. The summed E-state index contributed by atoms with van der Waals surface area (Å²) in [6, 6.07) is 7.81. The van der Waals surface area contributed by atoms with Crippen molar-refractivity contribution in [3.05, 3.63) is 52.4 Å². The summed E-state index contributed by atoms with van der Waals surface area (Å²) in [7, 11) is -3.56. The lowest BCUT2D eigenvalue weighted by Crippen LogP contribution is -2.18. The number of aryl methyl sites for hydroxylation is 1. The molecule has 0 aliphatic heterocycles. The lowest BCUT2D eigenvalue weighted by Gasteiger charge is -2.14. The Kier molecular flexibility index (Phi) is 6.70. The lowest BCUT2D eigenvalue weighted by atomic mass is 10.1. The second kappa shape index (κ2) is 7.38. The maximum atomic E-state index is 12.4. The molecule has 0 saturated heterocycles. The number of halogens is 3. The van der Waals surface area contributed by atoms with Gasteiger partial charge in [0, 0.05) is 0 Å². The Balaban J connectivity index is 3.20. The van der Waals surface area contributed by atoms with Crippen molar-refractivity contribution in [2.45, 2.75) is 21.7 Å². The van der Waals surface area contributed by atoms with Crippen LogP contribution >= 0.6 is 47.8 Å². The van der Waals surface area contributed by atoms with E-state index < -0.39 is 11.3 Å². The van der Waals surface area contributed by atoms with Gasteiger partial charge in [0.1, 0.15) is 0 Å². The number of benzene rings is 1. The number of alkyl halides is 3. The molecule has 0 amide bonds. The quantitative estimate of drug-likeness (QED) is 0.415. The molecule has 20 heavy (non-hydrogen) atoms. The Bertz CT molecular complexity index is 626. The van der Waals surface area contributed by atoms with E-state index in [1.54, 1.807) is 12.2 Å². The summed E-state index contributed by atoms with van der Waals surface area (Å²) in [5, 5.41) is 0. The molecule has 0 spiro atoms. The molecule has 0 aliphatic rings. The van der Waals surface area contributed by atoms with Crippen molar-refractivity contribution in [3.8, 4) is 0 Å². The first-order valence-electron chi connectivity index (χ1n) is 5.95. The topological polar surface area (TPSA) is 34.1 Å². The summed E-state index contributed by atoms with van der Waals surface area (Å²) in [6.45, 7) is 3.89. The highest BCUT2D eigenvalue weighted by Gasteiger charge is 2.37. The average Bonchev–Trinajstić information content (AvgIpc) is 2.34. The smallest absolute Gasteiger partial charge is 0.220 e. The first kappa shape index (κ1) is 18.1. The van der Waals surface area contributed by atoms with Crippen LogP contribution in [0, 0.1) is 6.92 Å². The van der Waals surface area contributed by atoms with Crippen molar-refractivity contribution >= 4 is 63.7 Å². The second-order valence-electron chi connectivity index (χ2n) is 4.15. The predicted octanol–water partition coefficient (Wildman–Crippen LogP) is 5.51. The Morgan fingerprint density at radius 3 is 2.35 bits per heavy atom. The zero-order chi connectivity index (χ0) is 15.4. The molecule has 0 radical (unpaired) electrons. The molecule has 0 aromatic heterocycles. The van der Waals surface area contributed by atoms with Gasteiger partial charge in [-0.05, 0) is 78.3 Å². The number of sulfone groups is 1. The fraction of sp³-hybridized carbons (Fsp3) is 0.286. The normalized spacial score (nSPS) is 13.9. The first-order valence-corrected chi connectivity index (χ1v) is 9.81. The van der Waals surface area contributed by atoms with E-state index in [4.69, 9.17) is 0 Å². The van der Waals surface area contributed by atoms with Gasteiger partial charge >= 0.3 is 0 Å². The maximum absolute atomic E-state index is 12.4. The summed E-state index contributed by atoms with van der Waals surface area (Å²) in [6.07, 6.45) is 5.76. The van der Waals surface area contributed by atoms with Crippen LogP contribution in [0.2, 0.25) is 0 Å². The number of rotatable bonds is 4. The molecule has 0 bridgehead atoms. The summed E-state index contributed by atoms with van der Waals surface area (Å²) >= 11 is 9.25. The molecule has 0 fully saturated rings. The van der Waals surface area contributed by atoms with E-state index in [-0.39, 0.29) is 4.91 Å². The van der Waals surface area contributed by atoms with Gasteiger partial charge in [-0.1, -0.05) is 43.3 Å². The van der Waals surface area contributed by atoms with Gasteiger partial charge in [0.15, 0.2) is 0 Å². The van der Waals surface area contributed by atoms with Crippen LogP contribution in [-0.2, 0) is 9.84 Å². The van der Waals surface area contributed by atoms with Crippen molar-refractivity contribution in [3.63, 3.8) is 0 Å². The fourth-order valence-corrected chi connectivity index (χ4v) is 4.13. The van der Waals surface area contributed by atoms with E-state index in [9.17, 15) is 8.42 Å². The van der Waals surface area contributed by atoms with Crippen LogP contribution in [-0.4, -0.2) is 9.89 Å². The summed E-state index contributed by atoms with van der Waals surface area (Å²) in [5.74, 6) is 0. The maximum Gasteiger partial charge on any atom is 0.239 e. The third-order valence-corrected chi connectivity index (χ3v) is 8.00. The van der Waals surface area contributed by atoms with Crippen LogP contribution in [0.25, 0.3) is 6.08 Å². The largest absolute Gasteiger partial charge is 0.239 e. The minimum Gasteiger partial charge on any atom is -0.220 e. The molecule has 110 valence electrons. The van der Waals surface area contributed by atoms with Gasteiger partial charge in [-0.3, -0.25) is 0 Å². The van der Waals surface area contributed by atoms with E-state index in [1.165, 1.54) is 0 Å². The van der Waals surface area contributed by atoms with Crippen LogP contribution in [0.5, 0.6) is 0 Å². The Labute approximate surface area is 145 Å². The van der Waals surface area contributed by atoms with Gasteiger partial charge in [-0.15, -0.1) is 0 Å². The molecule has 0 aliphatic carbocycles. The van der Waals surface area contributed by atoms with Crippen LogP contribution in [0.4, 0.5) is 0 Å². The van der Waals surface area contributed by atoms with E-state index in [2.05, 4.69) is 47.8 Å². The zero-order valence-corrected chi connectivity index (χ0v) is 16.7. The van der Waals surface area contributed by atoms with Crippen molar-refractivity contribution in [1.29, 1.82) is 0 Å². The first-order chi connectivity index (χ1) is 9.20. The van der Waals surface area contributed by atoms with Gasteiger partial charge in [-0.25, -0.2) is 8.42 Å². The van der Waals surface area contributed by atoms with E-state index in [1.807, 2.05) is 44.2 Å². The average molecular weight is 487 g/mol. The monoisotopic (exact) mass is 484 g/mol. The molecule has 0 saturated carbocycles. The van der Waals surface area contributed by atoms with Gasteiger partial charge < -0.3 is 0 Å². The van der Waals surface area contributed by atoms with E-state index in [0.29, 0.717) is 6.42 Å². The minimum atomic E-state index is -3.56. The number of allylic oxidation sites excluding steroid dienone is 2. The summed E-state index contributed by atoms with van der Waals surface area (Å²) < 4.78 is 23.4. The molecule has 6 heteroatoms. The highest BCUT2D eigenvalue weighted by atomic mass is 80.0. The number of hydrogen-bond acceptors (Lipinski definition) is 2. The molecule has 0 unspecified atom stereocenters. The van der Waals surface area contributed by atoms with Crippen LogP contribution < -0.4 is 0 Å². The van der Waals surface area contributed by atoms with Gasteiger partial charge in [-0.2, -0.15) is 0 Å². The molecule has 1 aromatic carbocycles. The van der Waals surface area contributed by atoms with Crippen molar-refractivity contribution in [2.24, 2.45) is 0 Å². The van der Waals surface area contributed by atoms with E-state index >= 15 is 0 Å². The Hall–Kier alpha value is 0.0900. The molecule has 2 nitrogen and oxygen atoms in total. The number of hydrogen-bond donors (Lipinski definition) is 0. The molecule has 1 aromatic rings. The third-order valence-electron chi connectivity index (χ3n) is 2.64. The fourth-order valence-electron chi connectivity index (χ4n) is 1.55. The predicted molar refractivity (Wildman–Crippen MR) is 97.0 cm³/mol. The Morgan fingerprint density at radius 1 is 1.25 bits per heavy atom. The standard InChI is InChI=1S/C14H15Br3O2S/c1-3-6-13(20(18,19)14(15,16)17)10-9-12-8-5-4-7-11(12)2/h4-10H,3H2,1-2H3/b10-9-,13-6-.